The van der Waals surface area contributed by atoms with Crippen molar-refractivity contribution >= 4 is 27.5 Å². The molecule has 88 valence electrons. The molecule has 1 aromatic carbocycles. The molecule has 0 amide bonds. The predicted molar refractivity (Wildman–Crippen MR) is 59.0 cm³/mol. The molecule has 1 aromatic rings. The van der Waals surface area contributed by atoms with E-state index in [2.05, 4.69) is 21.2 Å². The van der Waals surface area contributed by atoms with Crippen molar-refractivity contribution in [3.63, 3.8) is 0 Å². The average molecular weight is 315 g/mol. The van der Waals surface area contributed by atoms with E-state index >= 15 is 0 Å². The molecule has 16 heavy (non-hydrogen) atoms. The van der Waals surface area contributed by atoms with Crippen LogP contribution in [-0.4, -0.2) is 6.54 Å². The van der Waals surface area contributed by atoms with Crippen molar-refractivity contribution in [2.45, 2.75) is 18.9 Å². The van der Waals surface area contributed by atoms with E-state index < -0.39 is 22.5 Å². The van der Waals surface area contributed by atoms with Crippen LogP contribution in [0.15, 0.2) is 4.47 Å². The summed E-state index contributed by atoms with van der Waals surface area (Å²) in [5.41, 5.74) is -0.0168. The number of hydrogen-bond donors (Lipinski definition) is 1. The SMILES string of the molecule is Fc1c(F)c(C2CCCN2)c(Br)c(F)c1Cl. The van der Waals surface area contributed by atoms with Crippen molar-refractivity contribution in [3.05, 3.63) is 32.5 Å². The molecule has 0 bridgehead atoms. The first-order chi connectivity index (χ1) is 7.54. The van der Waals surface area contributed by atoms with Gasteiger partial charge in [-0.25, -0.2) is 13.2 Å². The van der Waals surface area contributed by atoms with Crippen LogP contribution in [0, 0.1) is 17.5 Å². The summed E-state index contributed by atoms with van der Waals surface area (Å²) >= 11 is 8.25. The summed E-state index contributed by atoms with van der Waals surface area (Å²) in [7, 11) is 0. The second-order valence-corrected chi connectivity index (χ2v) is 4.80. The first-order valence-corrected chi connectivity index (χ1v) is 5.96. The minimum atomic E-state index is -1.33. The van der Waals surface area contributed by atoms with Crippen LogP contribution in [0.2, 0.25) is 5.02 Å². The van der Waals surface area contributed by atoms with E-state index in [0.29, 0.717) is 13.0 Å². The van der Waals surface area contributed by atoms with Gasteiger partial charge < -0.3 is 5.32 Å². The van der Waals surface area contributed by atoms with Crippen molar-refractivity contribution in [2.75, 3.05) is 6.54 Å². The Balaban J connectivity index is 2.59. The molecule has 0 aromatic heterocycles. The maximum Gasteiger partial charge on any atom is 0.180 e. The van der Waals surface area contributed by atoms with Gasteiger partial charge in [0.15, 0.2) is 17.5 Å². The van der Waals surface area contributed by atoms with Crippen molar-refractivity contribution in [3.8, 4) is 0 Å². The van der Waals surface area contributed by atoms with E-state index in [4.69, 9.17) is 11.6 Å². The van der Waals surface area contributed by atoms with Crippen LogP contribution < -0.4 is 5.32 Å². The van der Waals surface area contributed by atoms with Gasteiger partial charge in [-0.1, -0.05) is 11.6 Å². The lowest BCUT2D eigenvalue weighted by Crippen LogP contribution is -2.16. The second kappa shape index (κ2) is 4.55. The number of benzene rings is 1. The fourth-order valence-electron chi connectivity index (χ4n) is 1.86. The molecule has 1 aliphatic rings. The quantitative estimate of drug-likeness (QED) is 0.611. The third-order valence-electron chi connectivity index (χ3n) is 2.65. The van der Waals surface area contributed by atoms with Gasteiger partial charge in [0.1, 0.15) is 5.02 Å². The highest BCUT2D eigenvalue weighted by atomic mass is 79.9. The van der Waals surface area contributed by atoms with E-state index in [0.717, 1.165) is 6.42 Å². The molecule has 0 aliphatic carbocycles. The number of nitrogens with one attached hydrogen (secondary N) is 1. The third-order valence-corrected chi connectivity index (χ3v) is 3.76. The van der Waals surface area contributed by atoms with E-state index in [1.165, 1.54) is 0 Å². The molecule has 1 heterocycles. The molecule has 1 N–H and O–H groups in total. The number of halogens is 5. The maximum absolute atomic E-state index is 13.7. The van der Waals surface area contributed by atoms with Gasteiger partial charge >= 0.3 is 0 Å². The van der Waals surface area contributed by atoms with Gasteiger partial charge in [-0.3, -0.25) is 0 Å². The van der Waals surface area contributed by atoms with Crippen molar-refractivity contribution < 1.29 is 13.2 Å². The van der Waals surface area contributed by atoms with Crippen LogP contribution in [-0.2, 0) is 0 Å². The van der Waals surface area contributed by atoms with Gasteiger partial charge in [-0.15, -0.1) is 0 Å². The van der Waals surface area contributed by atoms with Gasteiger partial charge in [-0.05, 0) is 35.3 Å². The Hall–Kier alpha value is -0.260. The Bertz CT molecular complexity index is 404. The lowest BCUT2D eigenvalue weighted by molar-refractivity contribution is 0.465. The molecular formula is C10H8BrClF3N. The Labute approximate surface area is 104 Å². The highest BCUT2D eigenvalue weighted by Gasteiger charge is 2.29. The fourth-order valence-corrected chi connectivity index (χ4v) is 2.80. The molecule has 1 saturated heterocycles. The molecule has 1 aliphatic heterocycles. The summed E-state index contributed by atoms with van der Waals surface area (Å²) in [5.74, 6) is -3.37. The summed E-state index contributed by atoms with van der Waals surface area (Å²) in [6, 6.07) is -0.365. The van der Waals surface area contributed by atoms with Crippen LogP contribution in [0.4, 0.5) is 13.2 Å². The fraction of sp³-hybridized carbons (Fsp3) is 0.400. The molecule has 6 heteroatoms. The molecule has 0 radical (unpaired) electrons. The van der Waals surface area contributed by atoms with E-state index in [-0.39, 0.29) is 16.1 Å². The lowest BCUT2D eigenvalue weighted by atomic mass is 10.0. The highest BCUT2D eigenvalue weighted by Crippen LogP contribution is 2.38. The van der Waals surface area contributed by atoms with Crippen LogP contribution in [0.5, 0.6) is 0 Å². The zero-order valence-corrected chi connectivity index (χ0v) is 10.4. The molecule has 1 fully saturated rings. The number of rotatable bonds is 1. The van der Waals surface area contributed by atoms with Crippen LogP contribution in [0.3, 0.4) is 0 Å². The summed E-state index contributed by atoms with van der Waals surface area (Å²) in [6.45, 7) is 0.711. The highest BCUT2D eigenvalue weighted by molar-refractivity contribution is 9.10. The van der Waals surface area contributed by atoms with Gasteiger partial charge in [-0.2, -0.15) is 0 Å². The largest absolute Gasteiger partial charge is 0.310 e. The minimum Gasteiger partial charge on any atom is -0.310 e. The molecule has 2 rings (SSSR count). The molecular weight excluding hydrogens is 306 g/mol. The standard InChI is InChI=1S/C10H8BrClF3N/c11-6-5(4-2-1-3-16-4)8(13)10(15)7(12)9(6)14/h4,16H,1-3H2. The molecule has 1 atom stereocenters. The Morgan fingerprint density at radius 1 is 1.19 bits per heavy atom. The topological polar surface area (TPSA) is 12.0 Å². The van der Waals surface area contributed by atoms with Crippen molar-refractivity contribution in [2.24, 2.45) is 0 Å². The van der Waals surface area contributed by atoms with Gasteiger partial charge in [0.2, 0.25) is 0 Å². The smallest absolute Gasteiger partial charge is 0.180 e. The van der Waals surface area contributed by atoms with Gasteiger partial charge in [0.05, 0.1) is 4.47 Å². The van der Waals surface area contributed by atoms with E-state index in [1.807, 2.05) is 0 Å². The van der Waals surface area contributed by atoms with E-state index in [1.54, 1.807) is 0 Å². The van der Waals surface area contributed by atoms with Gasteiger partial charge in [0, 0.05) is 11.6 Å². The van der Waals surface area contributed by atoms with Crippen LogP contribution in [0.1, 0.15) is 24.4 Å². The summed E-state index contributed by atoms with van der Waals surface area (Å²) in [4.78, 5) is 0. The lowest BCUT2D eigenvalue weighted by Gasteiger charge is -2.15. The Kier molecular flexibility index (Phi) is 3.47. The Morgan fingerprint density at radius 3 is 2.44 bits per heavy atom. The zero-order chi connectivity index (χ0) is 11.9. The zero-order valence-electron chi connectivity index (χ0n) is 8.09. The first kappa shape index (κ1) is 12.2. The Morgan fingerprint density at radius 2 is 1.88 bits per heavy atom. The van der Waals surface area contributed by atoms with Crippen molar-refractivity contribution in [1.29, 1.82) is 0 Å². The predicted octanol–water partition coefficient (Wildman–Crippen LogP) is 3.94. The maximum atomic E-state index is 13.7. The third kappa shape index (κ3) is 1.85. The normalized spacial score (nSPS) is 20.4. The monoisotopic (exact) mass is 313 g/mol. The number of hydrogen-bond acceptors (Lipinski definition) is 1. The van der Waals surface area contributed by atoms with Gasteiger partial charge in [0.25, 0.3) is 0 Å². The molecule has 1 unspecified atom stereocenters. The molecule has 0 saturated carbocycles. The van der Waals surface area contributed by atoms with E-state index in [9.17, 15) is 13.2 Å². The summed E-state index contributed by atoms with van der Waals surface area (Å²) < 4.78 is 40.3. The first-order valence-electron chi connectivity index (χ1n) is 4.78. The average Bonchev–Trinajstić information content (AvgIpc) is 2.77. The molecule has 1 nitrogen and oxygen atoms in total. The van der Waals surface area contributed by atoms with Crippen LogP contribution >= 0.6 is 27.5 Å². The van der Waals surface area contributed by atoms with Crippen LogP contribution in [0.25, 0.3) is 0 Å². The van der Waals surface area contributed by atoms with Crippen molar-refractivity contribution in [1.82, 2.24) is 5.32 Å². The summed E-state index contributed by atoms with van der Waals surface area (Å²) in [5, 5.41) is 2.17. The molecule has 0 spiro atoms. The second-order valence-electron chi connectivity index (χ2n) is 3.63. The minimum absolute atomic E-state index is 0.0168. The summed E-state index contributed by atoms with van der Waals surface area (Å²) in [6.07, 6.45) is 1.50.